The Balaban J connectivity index is 2.00. The van der Waals surface area contributed by atoms with Gasteiger partial charge in [-0.25, -0.2) is 0 Å². The molecule has 6 nitrogen and oxygen atoms in total. The van der Waals surface area contributed by atoms with Gasteiger partial charge in [0.05, 0.1) is 14.2 Å². The quantitative estimate of drug-likeness (QED) is 0.525. The van der Waals surface area contributed by atoms with Crippen LogP contribution in [-0.4, -0.2) is 39.5 Å². The van der Waals surface area contributed by atoms with E-state index < -0.39 is 0 Å². The zero-order valence-corrected chi connectivity index (χ0v) is 16.5. The van der Waals surface area contributed by atoms with Gasteiger partial charge < -0.3 is 19.6 Å². The average Bonchev–Trinajstić information content (AvgIpc) is 2.66. The first-order valence-electron chi connectivity index (χ1n) is 7.95. The van der Waals surface area contributed by atoms with Crippen LogP contribution in [0.3, 0.4) is 0 Å². The van der Waals surface area contributed by atoms with Crippen LogP contribution in [0.1, 0.15) is 11.1 Å². The summed E-state index contributed by atoms with van der Waals surface area (Å²) in [6, 6.07) is 13.0. The van der Waals surface area contributed by atoms with Crippen molar-refractivity contribution in [1.29, 1.82) is 0 Å². The van der Waals surface area contributed by atoms with E-state index in [9.17, 15) is 4.79 Å². The van der Waals surface area contributed by atoms with Crippen molar-refractivity contribution in [3.63, 3.8) is 0 Å². The van der Waals surface area contributed by atoms with Crippen molar-refractivity contribution in [2.75, 3.05) is 27.9 Å². The van der Waals surface area contributed by atoms with E-state index in [4.69, 9.17) is 14.3 Å². The van der Waals surface area contributed by atoms with E-state index in [1.807, 2.05) is 30.3 Å². The minimum Gasteiger partial charge on any atom is -0.493 e. The molecule has 0 aliphatic carbocycles. The zero-order chi connectivity index (χ0) is 18.9. The average molecular weight is 421 g/mol. The standard InChI is InChI=1S/C19H21BrN2O4/c1-24-16-9-4-13(12-17(16)25-2)10-11-21-19(23)18(22-26-3)14-5-7-15(20)8-6-14/h4-9,12H,10-11H2,1-3H3,(H,21,23)/b22-18-. The molecule has 2 aromatic rings. The van der Waals surface area contributed by atoms with Gasteiger partial charge in [-0.1, -0.05) is 39.3 Å². The van der Waals surface area contributed by atoms with Gasteiger partial charge in [0.25, 0.3) is 5.91 Å². The maximum absolute atomic E-state index is 12.5. The third-order valence-corrected chi connectivity index (χ3v) is 4.19. The molecule has 2 rings (SSSR count). The fourth-order valence-electron chi connectivity index (χ4n) is 2.36. The van der Waals surface area contributed by atoms with E-state index >= 15 is 0 Å². The van der Waals surface area contributed by atoms with E-state index in [-0.39, 0.29) is 11.6 Å². The number of nitrogens with zero attached hydrogens (tertiary/aromatic N) is 1. The lowest BCUT2D eigenvalue weighted by Gasteiger charge is -2.11. The van der Waals surface area contributed by atoms with Crippen molar-refractivity contribution >= 4 is 27.5 Å². The second-order valence-electron chi connectivity index (χ2n) is 5.32. The molecule has 26 heavy (non-hydrogen) atoms. The Morgan fingerprint density at radius 1 is 1.04 bits per heavy atom. The highest BCUT2D eigenvalue weighted by Crippen LogP contribution is 2.27. The molecule has 1 amide bonds. The summed E-state index contributed by atoms with van der Waals surface area (Å²) in [4.78, 5) is 17.3. The summed E-state index contributed by atoms with van der Waals surface area (Å²) < 4.78 is 11.4. The van der Waals surface area contributed by atoms with Crippen molar-refractivity contribution in [2.24, 2.45) is 5.16 Å². The second kappa shape index (κ2) is 9.82. The fraction of sp³-hybridized carbons (Fsp3) is 0.263. The number of hydrogen-bond donors (Lipinski definition) is 1. The summed E-state index contributed by atoms with van der Waals surface area (Å²) in [6.07, 6.45) is 0.646. The van der Waals surface area contributed by atoms with Crippen LogP contribution in [-0.2, 0) is 16.1 Å². The van der Waals surface area contributed by atoms with Crippen molar-refractivity contribution in [3.05, 3.63) is 58.1 Å². The van der Waals surface area contributed by atoms with Crippen LogP contribution in [0.4, 0.5) is 0 Å². The fourth-order valence-corrected chi connectivity index (χ4v) is 2.63. The van der Waals surface area contributed by atoms with Crippen LogP contribution in [0, 0.1) is 0 Å². The number of ether oxygens (including phenoxy) is 2. The number of benzene rings is 2. The third-order valence-electron chi connectivity index (χ3n) is 3.66. The summed E-state index contributed by atoms with van der Waals surface area (Å²) in [5, 5.41) is 6.71. The van der Waals surface area contributed by atoms with Crippen molar-refractivity contribution < 1.29 is 19.1 Å². The molecule has 0 aromatic heterocycles. The van der Waals surface area contributed by atoms with Gasteiger partial charge in [-0.05, 0) is 36.2 Å². The first-order chi connectivity index (χ1) is 12.6. The number of methoxy groups -OCH3 is 2. The van der Waals surface area contributed by atoms with Gasteiger partial charge in [0, 0.05) is 16.6 Å². The molecule has 138 valence electrons. The number of halogens is 1. The molecular weight excluding hydrogens is 400 g/mol. The molecular formula is C19H21BrN2O4. The maximum atomic E-state index is 12.5. The normalized spacial score (nSPS) is 11.0. The number of carbonyl (C=O) groups excluding carboxylic acids is 1. The van der Waals surface area contributed by atoms with Gasteiger partial charge in [-0.15, -0.1) is 0 Å². The molecule has 1 N–H and O–H groups in total. The molecule has 2 aromatic carbocycles. The van der Waals surface area contributed by atoms with Gasteiger partial charge in [0.1, 0.15) is 7.11 Å². The smallest absolute Gasteiger partial charge is 0.273 e. The Labute approximate surface area is 161 Å². The van der Waals surface area contributed by atoms with Crippen molar-refractivity contribution in [2.45, 2.75) is 6.42 Å². The maximum Gasteiger partial charge on any atom is 0.273 e. The Morgan fingerprint density at radius 3 is 2.35 bits per heavy atom. The predicted molar refractivity (Wildman–Crippen MR) is 104 cm³/mol. The van der Waals surface area contributed by atoms with Gasteiger partial charge in [0.2, 0.25) is 0 Å². The Bertz CT molecular complexity index is 776. The Hall–Kier alpha value is -2.54. The van der Waals surface area contributed by atoms with Crippen LogP contribution in [0.15, 0.2) is 52.1 Å². The van der Waals surface area contributed by atoms with Crippen LogP contribution in [0.25, 0.3) is 0 Å². The van der Waals surface area contributed by atoms with Crippen LogP contribution in [0.2, 0.25) is 0 Å². The lowest BCUT2D eigenvalue weighted by atomic mass is 10.1. The van der Waals surface area contributed by atoms with Crippen molar-refractivity contribution in [3.8, 4) is 11.5 Å². The highest BCUT2D eigenvalue weighted by molar-refractivity contribution is 9.10. The minimum atomic E-state index is -0.297. The second-order valence-corrected chi connectivity index (χ2v) is 6.24. The minimum absolute atomic E-state index is 0.229. The van der Waals surface area contributed by atoms with E-state index in [2.05, 4.69) is 26.4 Å². The van der Waals surface area contributed by atoms with Crippen LogP contribution < -0.4 is 14.8 Å². The van der Waals surface area contributed by atoms with Gasteiger partial charge in [-0.2, -0.15) is 0 Å². The molecule has 0 unspecified atom stereocenters. The zero-order valence-electron chi connectivity index (χ0n) is 14.9. The van der Waals surface area contributed by atoms with Gasteiger partial charge in [-0.3, -0.25) is 4.79 Å². The first-order valence-corrected chi connectivity index (χ1v) is 8.74. The van der Waals surface area contributed by atoms with E-state index in [1.165, 1.54) is 7.11 Å². The summed E-state index contributed by atoms with van der Waals surface area (Å²) in [7, 11) is 4.60. The first kappa shape index (κ1) is 19.8. The molecule has 0 heterocycles. The predicted octanol–water partition coefficient (Wildman–Crippen LogP) is 3.18. The monoisotopic (exact) mass is 420 g/mol. The largest absolute Gasteiger partial charge is 0.493 e. The summed E-state index contributed by atoms with van der Waals surface area (Å²) in [5.41, 5.74) is 1.93. The van der Waals surface area contributed by atoms with Crippen LogP contribution in [0.5, 0.6) is 11.5 Å². The van der Waals surface area contributed by atoms with E-state index in [1.54, 1.807) is 26.4 Å². The number of amides is 1. The molecule has 0 fully saturated rings. The Morgan fingerprint density at radius 2 is 1.73 bits per heavy atom. The molecule has 0 spiro atoms. The number of rotatable bonds is 8. The molecule has 0 radical (unpaired) electrons. The molecule has 0 bridgehead atoms. The summed E-state index contributed by atoms with van der Waals surface area (Å²) in [6.45, 7) is 0.452. The number of oxime groups is 1. The highest BCUT2D eigenvalue weighted by Gasteiger charge is 2.15. The summed E-state index contributed by atoms with van der Waals surface area (Å²) in [5.74, 6) is 1.03. The summed E-state index contributed by atoms with van der Waals surface area (Å²) >= 11 is 3.37. The highest BCUT2D eigenvalue weighted by atomic mass is 79.9. The molecule has 0 saturated carbocycles. The third kappa shape index (κ3) is 5.23. The lowest BCUT2D eigenvalue weighted by molar-refractivity contribution is -0.114. The van der Waals surface area contributed by atoms with E-state index in [0.29, 0.717) is 30.0 Å². The molecule has 0 aliphatic rings. The number of carbonyl (C=O) groups is 1. The number of hydrogen-bond acceptors (Lipinski definition) is 5. The SMILES string of the molecule is CO/N=C(\C(=O)NCCc1ccc(OC)c(OC)c1)c1ccc(Br)cc1. The molecule has 7 heteroatoms. The topological polar surface area (TPSA) is 69.2 Å². The van der Waals surface area contributed by atoms with Gasteiger partial charge in [0.15, 0.2) is 17.2 Å². The Kier molecular flexibility index (Phi) is 7.47. The number of nitrogens with one attached hydrogen (secondary N) is 1. The lowest BCUT2D eigenvalue weighted by Crippen LogP contribution is -2.33. The van der Waals surface area contributed by atoms with Crippen molar-refractivity contribution in [1.82, 2.24) is 5.32 Å². The molecule has 0 aliphatic heterocycles. The molecule has 0 atom stereocenters. The van der Waals surface area contributed by atoms with Crippen LogP contribution >= 0.6 is 15.9 Å². The van der Waals surface area contributed by atoms with E-state index in [0.717, 1.165) is 10.0 Å². The van der Waals surface area contributed by atoms with Gasteiger partial charge >= 0.3 is 0 Å². The molecule has 0 saturated heterocycles.